The zero-order valence-corrected chi connectivity index (χ0v) is 20.8. The van der Waals surface area contributed by atoms with E-state index >= 15 is 0 Å². The number of benzene rings is 2. The molecule has 0 atom stereocenters. The minimum atomic E-state index is -4.08. The minimum Gasteiger partial charge on any atom is -0.380 e. The fourth-order valence-corrected chi connectivity index (χ4v) is 4.73. The maximum atomic E-state index is 13.6. The van der Waals surface area contributed by atoms with Gasteiger partial charge in [0.05, 0.1) is 18.1 Å². The Morgan fingerprint density at radius 1 is 0.944 bits per heavy atom. The minimum absolute atomic E-state index is 0.0919. The first-order chi connectivity index (χ1) is 17.4. The van der Waals surface area contributed by atoms with Gasteiger partial charge >= 0.3 is 0 Å². The van der Waals surface area contributed by atoms with Crippen molar-refractivity contribution in [2.24, 2.45) is 10.2 Å². The van der Waals surface area contributed by atoms with Crippen molar-refractivity contribution in [3.8, 4) is 0 Å². The topological polar surface area (TPSA) is 170 Å². The van der Waals surface area contributed by atoms with E-state index in [2.05, 4.69) is 20.1 Å². The van der Waals surface area contributed by atoms with Crippen LogP contribution in [0.15, 0.2) is 63.7 Å². The van der Waals surface area contributed by atoms with Gasteiger partial charge in [0.15, 0.2) is 5.78 Å². The van der Waals surface area contributed by atoms with Crippen LogP contribution < -0.4 is 0 Å². The number of hydrogen-bond acceptors (Lipinski definition) is 7. The fourth-order valence-electron chi connectivity index (χ4n) is 3.12. The van der Waals surface area contributed by atoms with E-state index in [1.54, 1.807) is 0 Å². The van der Waals surface area contributed by atoms with E-state index in [4.69, 9.17) is 20.5 Å². The second-order valence-corrected chi connectivity index (χ2v) is 9.05. The van der Waals surface area contributed by atoms with Gasteiger partial charge in [-0.1, -0.05) is 46.6 Å². The summed E-state index contributed by atoms with van der Waals surface area (Å²) in [6.07, 6.45) is 2.63. The van der Waals surface area contributed by atoms with Crippen molar-refractivity contribution in [2.45, 2.75) is 18.7 Å². The number of hydrogen-bond donors (Lipinski definition) is 0. The number of ketones is 1. The summed E-state index contributed by atoms with van der Waals surface area (Å²) in [5.74, 6) is -0.380. The van der Waals surface area contributed by atoms with Crippen molar-refractivity contribution in [1.29, 1.82) is 0 Å². The van der Waals surface area contributed by atoms with E-state index in [-0.39, 0.29) is 48.2 Å². The van der Waals surface area contributed by atoms with Crippen LogP contribution in [0.2, 0.25) is 0 Å². The summed E-state index contributed by atoms with van der Waals surface area (Å²) in [5, 5.41) is 6.98. The van der Waals surface area contributed by atoms with Crippen LogP contribution in [0.4, 0.5) is 11.4 Å². The number of rotatable bonds is 15. The van der Waals surface area contributed by atoms with E-state index < -0.39 is 10.0 Å². The Bertz CT molecular complexity index is 1260. The SMILES string of the molecule is CCOCCN(CCOCC)S(=O)(=O)c1cc(N=[N+]=[N-])ccc1C=CC(=O)c1ccc(N=[N+]=[N-])cc1. The average Bonchev–Trinajstić information content (AvgIpc) is 2.87. The quantitative estimate of drug-likeness (QED) is 0.0759. The van der Waals surface area contributed by atoms with Gasteiger partial charge in [-0.25, -0.2) is 8.42 Å². The number of allylic oxidation sites excluding steroid dienone is 1. The zero-order chi connectivity index (χ0) is 26.4. The van der Waals surface area contributed by atoms with Gasteiger partial charge in [-0.05, 0) is 48.7 Å². The maximum absolute atomic E-state index is 13.6. The van der Waals surface area contributed by atoms with Gasteiger partial charge in [-0.3, -0.25) is 4.79 Å². The molecule has 36 heavy (non-hydrogen) atoms. The first-order valence-corrected chi connectivity index (χ1v) is 12.5. The molecule has 0 bridgehead atoms. The number of azide groups is 2. The van der Waals surface area contributed by atoms with E-state index in [9.17, 15) is 13.2 Å². The Kier molecular flexibility index (Phi) is 11.6. The van der Waals surface area contributed by atoms with Crippen molar-refractivity contribution in [1.82, 2.24) is 4.31 Å². The molecule has 12 nitrogen and oxygen atoms in total. The highest BCUT2D eigenvalue weighted by molar-refractivity contribution is 7.89. The summed E-state index contributed by atoms with van der Waals surface area (Å²) < 4.78 is 39.2. The van der Waals surface area contributed by atoms with Gasteiger partial charge in [0, 0.05) is 53.1 Å². The third-order valence-electron chi connectivity index (χ3n) is 4.88. The van der Waals surface area contributed by atoms with Gasteiger partial charge < -0.3 is 9.47 Å². The second-order valence-electron chi connectivity index (χ2n) is 7.14. The maximum Gasteiger partial charge on any atom is 0.243 e. The Morgan fingerprint density at radius 2 is 1.50 bits per heavy atom. The van der Waals surface area contributed by atoms with Gasteiger partial charge in [-0.15, -0.1) is 0 Å². The number of ether oxygens (including phenoxy) is 2. The normalized spacial score (nSPS) is 11.3. The fraction of sp³-hybridized carbons (Fsp3) is 0.348. The summed E-state index contributed by atoms with van der Waals surface area (Å²) in [7, 11) is -4.08. The summed E-state index contributed by atoms with van der Waals surface area (Å²) in [5.41, 5.74) is 18.4. The molecule has 190 valence electrons. The molecule has 0 N–H and O–H groups in total. The predicted octanol–water partition coefficient (Wildman–Crippen LogP) is 5.53. The molecule has 0 aliphatic heterocycles. The van der Waals surface area contributed by atoms with E-state index in [0.29, 0.717) is 24.5 Å². The number of carbonyl (C=O) groups is 1. The van der Waals surface area contributed by atoms with Crippen LogP contribution >= 0.6 is 0 Å². The lowest BCUT2D eigenvalue weighted by atomic mass is 10.1. The molecule has 2 aromatic carbocycles. The van der Waals surface area contributed by atoms with Crippen molar-refractivity contribution >= 4 is 33.3 Å². The summed E-state index contributed by atoms with van der Waals surface area (Å²) in [6.45, 7) is 5.06. The highest BCUT2D eigenvalue weighted by Crippen LogP contribution is 2.27. The van der Waals surface area contributed by atoms with E-state index in [1.807, 2.05) is 13.8 Å². The Balaban J connectivity index is 2.44. The highest BCUT2D eigenvalue weighted by atomic mass is 32.2. The molecular weight excluding hydrogens is 486 g/mol. The zero-order valence-electron chi connectivity index (χ0n) is 20.0. The Labute approximate surface area is 209 Å². The molecule has 0 aliphatic rings. The summed E-state index contributed by atoms with van der Waals surface area (Å²) in [4.78, 5) is 18.0. The molecule has 13 heteroatoms. The summed E-state index contributed by atoms with van der Waals surface area (Å²) >= 11 is 0. The second kappa shape index (κ2) is 14.6. The summed E-state index contributed by atoms with van der Waals surface area (Å²) in [6, 6.07) is 10.2. The smallest absolute Gasteiger partial charge is 0.243 e. The molecule has 0 spiro atoms. The molecule has 0 fully saturated rings. The largest absolute Gasteiger partial charge is 0.380 e. The first-order valence-electron chi connectivity index (χ1n) is 11.1. The molecule has 0 heterocycles. The van der Waals surface area contributed by atoms with E-state index in [0.717, 1.165) is 0 Å². The lowest BCUT2D eigenvalue weighted by Crippen LogP contribution is -2.37. The van der Waals surface area contributed by atoms with Gasteiger partial charge in [0.2, 0.25) is 10.0 Å². The Morgan fingerprint density at radius 3 is 2.06 bits per heavy atom. The number of sulfonamides is 1. The van der Waals surface area contributed by atoms with Gasteiger partial charge in [0.1, 0.15) is 0 Å². The molecule has 2 aromatic rings. The number of carbonyl (C=O) groups excluding carboxylic acids is 1. The van der Waals surface area contributed by atoms with Crippen LogP contribution in [0.5, 0.6) is 0 Å². The lowest BCUT2D eigenvalue weighted by molar-refractivity contribution is 0.104. The van der Waals surface area contributed by atoms with Crippen molar-refractivity contribution in [3.63, 3.8) is 0 Å². The molecule has 0 saturated carbocycles. The first kappa shape index (κ1) is 28.5. The molecule has 0 unspecified atom stereocenters. The molecule has 0 radical (unpaired) electrons. The molecule has 0 aliphatic carbocycles. The van der Waals surface area contributed by atoms with Crippen molar-refractivity contribution in [2.75, 3.05) is 39.5 Å². The third-order valence-corrected chi connectivity index (χ3v) is 6.83. The van der Waals surface area contributed by atoms with Crippen LogP contribution in [-0.2, 0) is 19.5 Å². The van der Waals surface area contributed by atoms with Crippen molar-refractivity contribution < 1.29 is 22.7 Å². The monoisotopic (exact) mass is 513 g/mol. The van der Waals surface area contributed by atoms with E-state index in [1.165, 1.54) is 58.9 Å². The van der Waals surface area contributed by atoms with Crippen molar-refractivity contribution in [3.05, 3.63) is 80.6 Å². The predicted molar refractivity (Wildman–Crippen MR) is 136 cm³/mol. The molecular formula is C23H27N7O5S. The molecule has 0 saturated heterocycles. The number of nitrogens with zero attached hydrogens (tertiary/aromatic N) is 7. The third kappa shape index (κ3) is 8.21. The molecule has 0 aromatic heterocycles. The standard InChI is InChI=1S/C23H27N7O5S/c1-3-34-15-13-30(14-16-35-4-2)36(32,33)23-17-21(27-29-25)11-7-19(23)8-12-22(31)18-5-9-20(10-6-18)26-28-24/h5-12,17H,3-4,13-16H2,1-2H3. The van der Waals surface area contributed by atoms with Gasteiger partial charge in [-0.2, -0.15) is 4.31 Å². The van der Waals surface area contributed by atoms with Crippen LogP contribution in [0, 0.1) is 0 Å². The molecule has 2 rings (SSSR count). The molecule has 0 amide bonds. The average molecular weight is 514 g/mol. The van der Waals surface area contributed by atoms with Crippen LogP contribution in [0.3, 0.4) is 0 Å². The highest BCUT2D eigenvalue weighted by Gasteiger charge is 2.26. The van der Waals surface area contributed by atoms with Crippen LogP contribution in [-0.4, -0.2) is 58.0 Å². The Hall–Kier alpha value is -3.70. The van der Waals surface area contributed by atoms with Crippen LogP contribution in [0.1, 0.15) is 29.8 Å². The lowest BCUT2D eigenvalue weighted by Gasteiger charge is -2.23. The van der Waals surface area contributed by atoms with Gasteiger partial charge in [0.25, 0.3) is 0 Å². The van der Waals surface area contributed by atoms with Crippen LogP contribution in [0.25, 0.3) is 27.0 Å².